The van der Waals surface area contributed by atoms with Crippen LogP contribution in [0.2, 0.25) is 0 Å². The molecule has 1 fully saturated rings. The second-order valence-corrected chi connectivity index (χ2v) is 7.49. The molecule has 1 aliphatic rings. The molecule has 0 spiro atoms. The van der Waals surface area contributed by atoms with E-state index in [1.165, 1.54) is 11.3 Å². The molecular weight excluding hydrogens is 349 g/mol. The van der Waals surface area contributed by atoms with Crippen molar-refractivity contribution in [3.63, 3.8) is 0 Å². The van der Waals surface area contributed by atoms with E-state index < -0.39 is 26.3 Å². The van der Waals surface area contributed by atoms with Crippen molar-refractivity contribution in [1.82, 2.24) is 4.57 Å². The maximum absolute atomic E-state index is 10.7. The monoisotopic (exact) mass is 363 g/mol. The number of aliphatic hydroxyl groups is 1. The van der Waals surface area contributed by atoms with E-state index in [4.69, 9.17) is 26.7 Å². The number of fused-ring (bicyclic) bond motifs is 1. The van der Waals surface area contributed by atoms with Gasteiger partial charge < -0.3 is 24.2 Å². The Morgan fingerprint density at radius 1 is 1.50 bits per heavy atom. The fourth-order valence-corrected chi connectivity index (χ4v) is 4.01. The number of pyridine rings is 1. The van der Waals surface area contributed by atoms with Crippen molar-refractivity contribution in [2.24, 2.45) is 0 Å². The van der Waals surface area contributed by atoms with Gasteiger partial charge >= 0.3 is 7.82 Å². The van der Waals surface area contributed by atoms with Crippen LogP contribution in [0.4, 0.5) is 0 Å². The van der Waals surface area contributed by atoms with Crippen molar-refractivity contribution in [2.75, 3.05) is 6.61 Å². The second kappa shape index (κ2) is 6.10. The largest absolute Gasteiger partial charge is 0.469 e. The minimum absolute atomic E-state index is 0.278. The second-order valence-electron chi connectivity index (χ2n) is 4.95. The Morgan fingerprint density at radius 2 is 2.27 bits per heavy atom. The molecule has 3 atom stereocenters. The Morgan fingerprint density at radius 3 is 3.00 bits per heavy atom. The number of hydrogen-bond acceptors (Lipinski definition) is 6. The Balaban J connectivity index is 1.79. The van der Waals surface area contributed by atoms with Gasteiger partial charge in [0.1, 0.15) is 17.0 Å². The molecule has 0 aromatic carbocycles. The molecule has 1 aliphatic heterocycles. The van der Waals surface area contributed by atoms with E-state index >= 15 is 0 Å². The summed E-state index contributed by atoms with van der Waals surface area (Å²) in [5, 5.41) is 13.0. The summed E-state index contributed by atoms with van der Waals surface area (Å²) in [7, 11) is -4.59. The highest BCUT2D eigenvalue weighted by Gasteiger charge is 2.36. The summed E-state index contributed by atoms with van der Waals surface area (Å²) in [4.78, 5) is 17.4. The summed E-state index contributed by atoms with van der Waals surface area (Å²) >= 11 is 6.97. The van der Waals surface area contributed by atoms with Crippen molar-refractivity contribution < 1.29 is 28.7 Å². The van der Waals surface area contributed by atoms with Crippen molar-refractivity contribution in [2.45, 2.75) is 24.9 Å². The number of aromatic nitrogens is 1. The first-order valence-electron chi connectivity index (χ1n) is 6.47. The first kappa shape index (κ1) is 16.2. The number of rotatable bonds is 4. The molecule has 7 nitrogen and oxygen atoms in total. The van der Waals surface area contributed by atoms with Gasteiger partial charge in [-0.2, -0.15) is 0 Å². The number of aliphatic hydroxyl groups excluding tert-OH is 1. The van der Waals surface area contributed by atoms with Gasteiger partial charge in [0.2, 0.25) is 0 Å². The summed E-state index contributed by atoms with van der Waals surface area (Å²) in [6.07, 6.45) is -0.100. The molecule has 2 aromatic rings. The van der Waals surface area contributed by atoms with Crippen LogP contribution in [-0.2, 0) is 13.8 Å². The molecule has 10 heteroatoms. The average Bonchev–Trinajstić information content (AvgIpc) is 3.03. The fourth-order valence-electron chi connectivity index (χ4n) is 2.40. The van der Waals surface area contributed by atoms with E-state index in [9.17, 15) is 9.67 Å². The van der Waals surface area contributed by atoms with Gasteiger partial charge in [0, 0.05) is 12.6 Å². The van der Waals surface area contributed by atoms with Crippen LogP contribution in [0.5, 0.6) is 0 Å². The van der Waals surface area contributed by atoms with Gasteiger partial charge in [-0.15, -0.1) is 11.3 Å². The first-order chi connectivity index (χ1) is 10.3. The number of phosphoric ester groups is 1. The van der Waals surface area contributed by atoms with E-state index in [-0.39, 0.29) is 13.0 Å². The standard InChI is InChI=1S/C12H14NO6PS2/c14-8-5-10(19-9(8)6-18-20(15,16)17)13-3-1-7-2-4-22-11(7)12(13)21/h1-4,8-10,14H,5-6H2,(H2,15,16,17)/t8-,9+,10+/m0/s1. The van der Waals surface area contributed by atoms with Gasteiger partial charge in [0.15, 0.2) is 0 Å². The van der Waals surface area contributed by atoms with Crippen LogP contribution < -0.4 is 0 Å². The van der Waals surface area contributed by atoms with Crippen LogP contribution in [0.3, 0.4) is 0 Å². The normalized spacial score (nSPS) is 25.9. The number of thiophene rings is 1. The molecule has 0 radical (unpaired) electrons. The fraction of sp³-hybridized carbons (Fsp3) is 0.417. The van der Waals surface area contributed by atoms with Crippen LogP contribution in [0, 0.1) is 4.64 Å². The molecule has 120 valence electrons. The van der Waals surface area contributed by atoms with Gasteiger partial charge in [-0.25, -0.2) is 4.57 Å². The van der Waals surface area contributed by atoms with Crippen LogP contribution in [0.1, 0.15) is 12.6 Å². The van der Waals surface area contributed by atoms with Gasteiger partial charge in [-0.05, 0) is 22.9 Å². The number of hydrogen-bond donors (Lipinski definition) is 3. The van der Waals surface area contributed by atoms with Gasteiger partial charge in [-0.3, -0.25) is 4.52 Å². The maximum atomic E-state index is 10.7. The molecular formula is C12H14NO6PS2. The number of ether oxygens (including phenoxy) is 1. The van der Waals surface area contributed by atoms with Crippen LogP contribution in [0.25, 0.3) is 10.1 Å². The van der Waals surface area contributed by atoms with E-state index in [1.807, 2.05) is 17.5 Å². The molecule has 1 saturated heterocycles. The van der Waals surface area contributed by atoms with Crippen LogP contribution in [0.15, 0.2) is 23.7 Å². The molecule has 0 saturated carbocycles. The Bertz CT molecular complexity index is 783. The van der Waals surface area contributed by atoms with E-state index in [0.29, 0.717) is 4.64 Å². The predicted octanol–water partition coefficient (Wildman–Crippen LogP) is 2.19. The minimum atomic E-state index is -4.59. The smallest absolute Gasteiger partial charge is 0.390 e. The van der Waals surface area contributed by atoms with Crippen LogP contribution in [-0.4, -0.2) is 38.3 Å². The molecule has 3 N–H and O–H groups in total. The molecule has 3 rings (SSSR count). The molecule has 22 heavy (non-hydrogen) atoms. The summed E-state index contributed by atoms with van der Waals surface area (Å²) in [6, 6.07) is 3.89. The highest BCUT2D eigenvalue weighted by Crippen LogP contribution is 2.38. The quantitative estimate of drug-likeness (QED) is 0.565. The third kappa shape index (κ3) is 3.32. The lowest BCUT2D eigenvalue weighted by molar-refractivity contribution is -0.0439. The molecule has 0 amide bonds. The SMILES string of the molecule is O=P(O)(O)OC[C@H]1O[C@@H](n2ccc3ccsc3c2=S)C[C@@H]1O. The summed E-state index contributed by atoms with van der Waals surface area (Å²) in [6.45, 7) is -0.378. The average molecular weight is 363 g/mol. The lowest BCUT2D eigenvalue weighted by Crippen LogP contribution is -2.25. The van der Waals surface area contributed by atoms with Gasteiger partial charge in [-0.1, -0.05) is 12.2 Å². The highest BCUT2D eigenvalue weighted by molar-refractivity contribution is 7.71. The topological polar surface area (TPSA) is 101 Å². The summed E-state index contributed by atoms with van der Waals surface area (Å²) in [5.41, 5.74) is 0. The molecule has 0 aliphatic carbocycles. The Kier molecular flexibility index (Phi) is 4.50. The van der Waals surface area contributed by atoms with Crippen LogP contribution >= 0.6 is 31.4 Å². The molecule has 3 heterocycles. The van der Waals surface area contributed by atoms with E-state index in [0.717, 1.165) is 10.1 Å². The first-order valence-corrected chi connectivity index (χ1v) is 9.29. The third-order valence-electron chi connectivity index (χ3n) is 3.46. The lowest BCUT2D eigenvalue weighted by Gasteiger charge is -2.17. The number of nitrogens with zero attached hydrogens (tertiary/aromatic N) is 1. The Hall–Kier alpha value is -0.640. The maximum Gasteiger partial charge on any atom is 0.469 e. The van der Waals surface area contributed by atoms with Crippen molar-refractivity contribution in [3.8, 4) is 0 Å². The zero-order valence-electron chi connectivity index (χ0n) is 11.2. The zero-order chi connectivity index (χ0) is 15.9. The molecule has 0 unspecified atom stereocenters. The molecule has 2 aromatic heterocycles. The summed E-state index contributed by atoms with van der Waals surface area (Å²) < 4.78 is 24.1. The Labute approximate surface area is 135 Å². The van der Waals surface area contributed by atoms with E-state index in [2.05, 4.69) is 4.52 Å². The van der Waals surface area contributed by atoms with Crippen molar-refractivity contribution >= 4 is 41.5 Å². The van der Waals surface area contributed by atoms with Gasteiger partial charge in [0.05, 0.1) is 17.4 Å². The summed E-state index contributed by atoms with van der Waals surface area (Å²) in [5.74, 6) is 0. The van der Waals surface area contributed by atoms with E-state index in [1.54, 1.807) is 10.8 Å². The third-order valence-corrected chi connectivity index (χ3v) is 5.43. The van der Waals surface area contributed by atoms with Crippen molar-refractivity contribution in [1.29, 1.82) is 0 Å². The highest BCUT2D eigenvalue weighted by atomic mass is 32.1. The van der Waals surface area contributed by atoms with Gasteiger partial charge in [0.25, 0.3) is 0 Å². The number of phosphoric acid groups is 1. The minimum Gasteiger partial charge on any atom is -0.390 e. The molecule has 0 bridgehead atoms. The predicted molar refractivity (Wildman–Crippen MR) is 83.2 cm³/mol. The van der Waals surface area contributed by atoms with Crippen molar-refractivity contribution in [3.05, 3.63) is 28.4 Å². The zero-order valence-corrected chi connectivity index (χ0v) is 13.8. The lowest BCUT2D eigenvalue weighted by atomic mass is 10.2.